The maximum atomic E-state index is 13.4. The van der Waals surface area contributed by atoms with Crippen molar-refractivity contribution in [2.45, 2.75) is 51.2 Å². The van der Waals surface area contributed by atoms with Gasteiger partial charge in [-0.3, -0.25) is 10.1 Å². The molecule has 3 atom stereocenters. The minimum absolute atomic E-state index is 0.173. The van der Waals surface area contributed by atoms with Crippen LogP contribution in [0.3, 0.4) is 0 Å². The van der Waals surface area contributed by atoms with Crippen molar-refractivity contribution in [3.05, 3.63) is 58.9 Å². The average molecular weight is 425 g/mol. The molecule has 1 unspecified atom stereocenters. The first-order valence-corrected chi connectivity index (χ1v) is 9.54. The van der Waals surface area contributed by atoms with E-state index in [-0.39, 0.29) is 23.3 Å². The number of benzene rings is 2. The monoisotopic (exact) mass is 425 g/mol. The Balaban J connectivity index is 1.92. The highest BCUT2D eigenvalue weighted by atomic mass is 19.4. The molecule has 1 saturated heterocycles. The van der Waals surface area contributed by atoms with Gasteiger partial charge in [0.15, 0.2) is 0 Å². The van der Waals surface area contributed by atoms with E-state index in [1.165, 1.54) is 24.3 Å². The molecule has 1 fully saturated rings. The van der Waals surface area contributed by atoms with Crippen LogP contribution in [0.2, 0.25) is 0 Å². The summed E-state index contributed by atoms with van der Waals surface area (Å²) in [6.07, 6.45) is -4.39. The van der Waals surface area contributed by atoms with Gasteiger partial charge in [0, 0.05) is 17.8 Å². The van der Waals surface area contributed by atoms with Gasteiger partial charge in [-0.1, -0.05) is 0 Å². The second kappa shape index (κ2) is 8.61. The maximum absolute atomic E-state index is 13.4. The quantitative estimate of drug-likeness (QED) is 0.557. The SMILES string of the molecule is Cc1cc(F)ccc1Nc1ccc(C(F)(F)F)cc1C(=O)N[C@H]1CCC(O)N[C@@H]1C. The van der Waals surface area contributed by atoms with Crippen molar-refractivity contribution in [2.75, 3.05) is 5.32 Å². The fourth-order valence-corrected chi connectivity index (χ4v) is 3.46. The van der Waals surface area contributed by atoms with E-state index in [2.05, 4.69) is 16.0 Å². The van der Waals surface area contributed by atoms with Crippen molar-refractivity contribution in [2.24, 2.45) is 0 Å². The lowest BCUT2D eigenvalue weighted by atomic mass is 9.98. The second-order valence-electron chi connectivity index (χ2n) is 7.47. The first-order valence-electron chi connectivity index (χ1n) is 9.54. The van der Waals surface area contributed by atoms with Gasteiger partial charge in [-0.2, -0.15) is 13.2 Å². The average Bonchev–Trinajstić information content (AvgIpc) is 2.65. The minimum Gasteiger partial charge on any atom is -0.379 e. The number of aliphatic hydroxyl groups is 1. The first-order chi connectivity index (χ1) is 14.0. The zero-order chi connectivity index (χ0) is 22.1. The number of nitrogens with one attached hydrogen (secondary N) is 3. The number of rotatable bonds is 4. The lowest BCUT2D eigenvalue weighted by Gasteiger charge is -2.33. The summed E-state index contributed by atoms with van der Waals surface area (Å²) < 4.78 is 53.1. The summed E-state index contributed by atoms with van der Waals surface area (Å²) in [6.45, 7) is 3.43. The third-order valence-electron chi connectivity index (χ3n) is 5.18. The number of hydrogen-bond acceptors (Lipinski definition) is 4. The molecule has 1 amide bonds. The number of alkyl halides is 3. The Morgan fingerprint density at radius 2 is 1.83 bits per heavy atom. The predicted molar refractivity (Wildman–Crippen MR) is 105 cm³/mol. The molecule has 1 aliphatic heterocycles. The standard InChI is InChI=1S/C21H23F4N3O2/c1-11-9-14(22)4-6-16(11)27-18-5-3-13(21(23,24)25)10-15(18)20(30)28-17-7-8-19(29)26-12(17)2/h3-6,9-10,12,17,19,26-27,29H,7-8H2,1-2H3,(H,28,30)/t12-,17+,19?/m1/s1. The molecule has 3 rings (SSSR count). The molecule has 1 heterocycles. The fraction of sp³-hybridized carbons (Fsp3) is 0.381. The lowest BCUT2D eigenvalue weighted by molar-refractivity contribution is -0.137. The van der Waals surface area contributed by atoms with Crippen molar-refractivity contribution >= 4 is 17.3 Å². The number of amides is 1. The van der Waals surface area contributed by atoms with Gasteiger partial charge in [0.2, 0.25) is 0 Å². The molecule has 9 heteroatoms. The van der Waals surface area contributed by atoms with Gasteiger partial charge in [0.1, 0.15) is 12.0 Å². The number of anilines is 2. The van der Waals surface area contributed by atoms with Crippen LogP contribution in [0, 0.1) is 12.7 Å². The normalized spacial score (nSPS) is 21.9. The van der Waals surface area contributed by atoms with Crippen molar-refractivity contribution in [1.29, 1.82) is 0 Å². The number of carbonyl (C=O) groups is 1. The fourth-order valence-electron chi connectivity index (χ4n) is 3.46. The van der Waals surface area contributed by atoms with Crippen molar-refractivity contribution in [1.82, 2.24) is 10.6 Å². The van der Waals surface area contributed by atoms with Gasteiger partial charge in [-0.05, 0) is 68.7 Å². The Morgan fingerprint density at radius 1 is 1.13 bits per heavy atom. The summed E-state index contributed by atoms with van der Waals surface area (Å²) in [7, 11) is 0. The van der Waals surface area contributed by atoms with E-state index in [4.69, 9.17) is 0 Å². The summed E-state index contributed by atoms with van der Waals surface area (Å²) in [5.41, 5.74) is 0.0687. The number of halogens is 4. The predicted octanol–water partition coefficient (Wildman–Crippen LogP) is 4.09. The molecule has 2 aromatic rings. The van der Waals surface area contributed by atoms with Crippen LogP contribution in [0.1, 0.15) is 41.3 Å². The molecular formula is C21H23F4N3O2. The highest BCUT2D eigenvalue weighted by Gasteiger charge is 2.33. The zero-order valence-corrected chi connectivity index (χ0v) is 16.5. The largest absolute Gasteiger partial charge is 0.416 e. The van der Waals surface area contributed by atoms with Crippen LogP contribution in [0.4, 0.5) is 28.9 Å². The maximum Gasteiger partial charge on any atom is 0.416 e. The van der Waals surface area contributed by atoms with E-state index in [0.717, 1.165) is 12.1 Å². The van der Waals surface area contributed by atoms with E-state index in [1.807, 2.05) is 0 Å². The Labute approximate surface area is 171 Å². The van der Waals surface area contributed by atoms with Crippen LogP contribution in [0.15, 0.2) is 36.4 Å². The van der Waals surface area contributed by atoms with E-state index in [0.29, 0.717) is 24.1 Å². The Kier molecular flexibility index (Phi) is 6.33. The molecule has 0 aliphatic carbocycles. The molecule has 0 saturated carbocycles. The Hall–Kier alpha value is -2.65. The highest BCUT2D eigenvalue weighted by Crippen LogP contribution is 2.33. The molecule has 0 aromatic heterocycles. The summed E-state index contributed by atoms with van der Waals surface area (Å²) in [5.74, 6) is -1.11. The third-order valence-corrected chi connectivity index (χ3v) is 5.18. The molecule has 2 aromatic carbocycles. The summed E-state index contributed by atoms with van der Waals surface area (Å²) in [4.78, 5) is 12.9. The topological polar surface area (TPSA) is 73.4 Å². The van der Waals surface area contributed by atoms with Crippen LogP contribution >= 0.6 is 0 Å². The van der Waals surface area contributed by atoms with Crippen molar-refractivity contribution in [3.8, 4) is 0 Å². The Bertz CT molecular complexity index is 933. The van der Waals surface area contributed by atoms with E-state index < -0.39 is 29.7 Å². The highest BCUT2D eigenvalue weighted by molar-refractivity contribution is 6.00. The number of hydrogen-bond donors (Lipinski definition) is 4. The van der Waals surface area contributed by atoms with Crippen LogP contribution in [0.25, 0.3) is 0 Å². The molecular weight excluding hydrogens is 402 g/mol. The Morgan fingerprint density at radius 3 is 2.47 bits per heavy atom. The summed E-state index contributed by atoms with van der Waals surface area (Å²) >= 11 is 0. The van der Waals surface area contributed by atoms with Gasteiger partial charge < -0.3 is 15.7 Å². The third kappa shape index (κ3) is 5.09. The van der Waals surface area contributed by atoms with Crippen molar-refractivity contribution in [3.63, 3.8) is 0 Å². The molecule has 30 heavy (non-hydrogen) atoms. The van der Waals surface area contributed by atoms with Crippen LogP contribution in [-0.4, -0.2) is 29.3 Å². The van der Waals surface area contributed by atoms with Gasteiger partial charge in [-0.15, -0.1) is 0 Å². The van der Waals surface area contributed by atoms with Gasteiger partial charge in [-0.25, -0.2) is 4.39 Å². The first kappa shape index (κ1) is 22.0. The van der Waals surface area contributed by atoms with Crippen molar-refractivity contribution < 1.29 is 27.5 Å². The zero-order valence-electron chi connectivity index (χ0n) is 16.5. The number of piperidine rings is 1. The smallest absolute Gasteiger partial charge is 0.379 e. The molecule has 4 N–H and O–H groups in total. The molecule has 1 aliphatic rings. The molecule has 162 valence electrons. The van der Waals surface area contributed by atoms with Crippen LogP contribution in [-0.2, 0) is 6.18 Å². The van der Waals surface area contributed by atoms with Gasteiger partial charge in [0.25, 0.3) is 5.91 Å². The van der Waals surface area contributed by atoms with Gasteiger partial charge in [0.05, 0.1) is 16.8 Å². The number of aryl methyl sites for hydroxylation is 1. The van der Waals surface area contributed by atoms with E-state index in [1.54, 1.807) is 13.8 Å². The van der Waals surface area contributed by atoms with Gasteiger partial charge >= 0.3 is 6.18 Å². The number of carbonyl (C=O) groups excluding carboxylic acids is 1. The lowest BCUT2D eigenvalue weighted by Crippen LogP contribution is -2.55. The molecule has 0 radical (unpaired) electrons. The van der Waals surface area contributed by atoms with E-state index in [9.17, 15) is 27.5 Å². The van der Waals surface area contributed by atoms with E-state index >= 15 is 0 Å². The van der Waals surface area contributed by atoms with Crippen LogP contribution in [0.5, 0.6) is 0 Å². The molecule has 5 nitrogen and oxygen atoms in total. The summed E-state index contributed by atoms with van der Waals surface area (Å²) in [5, 5.41) is 18.2. The molecule has 0 bridgehead atoms. The molecule has 0 spiro atoms. The summed E-state index contributed by atoms with van der Waals surface area (Å²) in [6, 6.07) is 6.24. The minimum atomic E-state index is -4.61. The van der Waals surface area contributed by atoms with Crippen LogP contribution < -0.4 is 16.0 Å². The second-order valence-corrected chi connectivity index (χ2v) is 7.47. The number of aliphatic hydroxyl groups excluding tert-OH is 1.